The summed E-state index contributed by atoms with van der Waals surface area (Å²) in [6.45, 7) is 0.501. The van der Waals surface area contributed by atoms with Crippen LogP contribution in [0.25, 0.3) is 27.6 Å². The third kappa shape index (κ3) is 6.39. The Hall–Kier alpha value is -4.04. The van der Waals surface area contributed by atoms with Crippen molar-refractivity contribution in [3.05, 3.63) is 142 Å². The topological polar surface area (TPSA) is 67.5 Å². The van der Waals surface area contributed by atoms with Gasteiger partial charge in [-0.05, 0) is 48.1 Å². The van der Waals surface area contributed by atoms with E-state index in [0.29, 0.717) is 13.0 Å². The van der Waals surface area contributed by atoms with Crippen molar-refractivity contribution in [2.45, 2.75) is 32.2 Å². The van der Waals surface area contributed by atoms with Gasteiger partial charge >= 0.3 is 0 Å². The molecular weight excluding hydrogens is 563 g/mol. The minimum Gasteiger partial charge on any atom is -0.456 e. The highest BCUT2D eigenvalue weighted by Crippen LogP contribution is 2.43. The lowest BCUT2D eigenvalue weighted by atomic mass is 9.85. The Balaban J connectivity index is 1.32. The van der Waals surface area contributed by atoms with E-state index in [4.69, 9.17) is 4.74 Å². The molecule has 7 heteroatoms. The lowest BCUT2D eigenvalue weighted by molar-refractivity contribution is -0.668. The number of para-hydroxylation sites is 1. The Morgan fingerprint density at radius 3 is 2.31 bits per heavy atom. The molecule has 0 fully saturated rings. The molecule has 0 radical (unpaired) electrons. The predicted octanol–water partition coefficient (Wildman–Crippen LogP) is 8.00. The van der Waals surface area contributed by atoms with Gasteiger partial charge in [-0.25, -0.2) is 0 Å². The van der Waals surface area contributed by atoms with Crippen molar-refractivity contribution in [3.63, 3.8) is 0 Å². The van der Waals surface area contributed by atoms with E-state index < -0.39 is 10.1 Å². The largest absolute Gasteiger partial charge is 0.456 e. The molecule has 2 aliphatic rings. The Morgan fingerprint density at radius 2 is 1.55 bits per heavy atom. The number of fused-ring (bicyclic) bond motifs is 2. The molecule has 6 rings (SSSR count). The van der Waals surface area contributed by atoms with Crippen LogP contribution in [0.1, 0.15) is 41.8 Å². The zero-order valence-electron chi connectivity index (χ0n) is 23.1. The predicted molar refractivity (Wildman–Crippen MR) is 171 cm³/mol. The number of ether oxygens (including phenoxy) is 1. The van der Waals surface area contributed by atoms with Crippen LogP contribution in [0.2, 0.25) is 0 Å². The summed E-state index contributed by atoms with van der Waals surface area (Å²) in [6.07, 6.45) is 13.8. The second kappa shape index (κ2) is 12.4. The molecule has 0 atom stereocenters. The van der Waals surface area contributed by atoms with Crippen molar-refractivity contribution >= 4 is 49.1 Å². The smallest absolute Gasteiger partial charge is 0.265 e. The molecular formula is C35H32NO4S2+. The van der Waals surface area contributed by atoms with Gasteiger partial charge in [0.2, 0.25) is 5.52 Å². The molecule has 0 spiro atoms. The van der Waals surface area contributed by atoms with E-state index in [9.17, 15) is 13.0 Å². The number of hydrogen-bond donors (Lipinski definition) is 1. The summed E-state index contributed by atoms with van der Waals surface area (Å²) in [5.74, 6) is 1.55. The summed E-state index contributed by atoms with van der Waals surface area (Å²) in [6, 6.07) is 28.9. The number of thiazole rings is 1. The van der Waals surface area contributed by atoms with Gasteiger partial charge in [0.1, 0.15) is 16.2 Å². The van der Waals surface area contributed by atoms with Gasteiger partial charge in [0.05, 0.1) is 5.75 Å². The first-order chi connectivity index (χ1) is 20.5. The van der Waals surface area contributed by atoms with E-state index in [1.54, 1.807) is 11.3 Å². The quantitative estimate of drug-likeness (QED) is 0.121. The Morgan fingerprint density at radius 1 is 0.857 bits per heavy atom. The molecule has 0 saturated carbocycles. The highest BCUT2D eigenvalue weighted by Gasteiger charge is 2.27. The molecule has 4 aromatic rings. The summed E-state index contributed by atoms with van der Waals surface area (Å²) in [5.41, 5.74) is 6.93. The number of hydrogen-bond acceptors (Lipinski definition) is 4. The molecule has 0 amide bonds. The highest BCUT2D eigenvalue weighted by atomic mass is 32.2. The van der Waals surface area contributed by atoms with Gasteiger partial charge in [-0.2, -0.15) is 13.0 Å². The first-order valence-electron chi connectivity index (χ1n) is 14.1. The maximum atomic E-state index is 11.3. The first-order valence-corrected chi connectivity index (χ1v) is 16.6. The van der Waals surface area contributed by atoms with Crippen LogP contribution >= 0.6 is 11.3 Å². The van der Waals surface area contributed by atoms with Crippen LogP contribution in [0, 0.1) is 0 Å². The molecule has 0 bridgehead atoms. The molecule has 1 aromatic heterocycles. The molecule has 1 aliphatic heterocycles. The van der Waals surface area contributed by atoms with Crippen LogP contribution in [-0.4, -0.2) is 18.7 Å². The molecule has 0 unspecified atom stereocenters. The van der Waals surface area contributed by atoms with Crippen molar-refractivity contribution in [1.82, 2.24) is 0 Å². The summed E-state index contributed by atoms with van der Waals surface area (Å²) in [4.78, 5) is 0. The van der Waals surface area contributed by atoms with Gasteiger partial charge < -0.3 is 4.74 Å². The summed E-state index contributed by atoms with van der Waals surface area (Å²) in [7, 11) is -3.99. The molecule has 2 heterocycles. The first kappa shape index (κ1) is 28.1. The van der Waals surface area contributed by atoms with Crippen molar-refractivity contribution in [2.24, 2.45) is 0 Å². The number of aryl methyl sites for hydroxylation is 1. The van der Waals surface area contributed by atoms with Crippen LogP contribution in [0.3, 0.4) is 0 Å². The molecule has 3 aromatic carbocycles. The third-order valence-corrected chi connectivity index (χ3v) is 9.40. The number of aromatic nitrogens is 1. The van der Waals surface area contributed by atoms with Crippen LogP contribution in [0.15, 0.2) is 126 Å². The van der Waals surface area contributed by atoms with E-state index in [-0.39, 0.29) is 5.75 Å². The molecule has 42 heavy (non-hydrogen) atoms. The minimum atomic E-state index is -3.99. The fourth-order valence-corrected chi connectivity index (χ4v) is 7.11. The Kier molecular flexibility index (Phi) is 8.33. The molecule has 1 N–H and O–H groups in total. The molecule has 1 aliphatic carbocycles. The monoisotopic (exact) mass is 594 g/mol. The zero-order chi connectivity index (χ0) is 28.9. The molecule has 212 valence electrons. The summed E-state index contributed by atoms with van der Waals surface area (Å²) in [5, 5.41) is 1.02. The summed E-state index contributed by atoms with van der Waals surface area (Å²) >= 11 is 1.66. The van der Waals surface area contributed by atoms with Crippen molar-refractivity contribution in [1.29, 1.82) is 0 Å². The van der Waals surface area contributed by atoms with Crippen LogP contribution in [-0.2, 0) is 21.4 Å². The van der Waals surface area contributed by atoms with E-state index in [0.717, 1.165) is 51.6 Å². The summed E-state index contributed by atoms with van der Waals surface area (Å²) < 4.78 is 41.6. The van der Waals surface area contributed by atoms with E-state index in [1.807, 2.05) is 48.5 Å². The van der Waals surface area contributed by atoms with Gasteiger partial charge in [-0.15, -0.1) is 0 Å². The maximum Gasteiger partial charge on any atom is 0.265 e. The van der Waals surface area contributed by atoms with Crippen molar-refractivity contribution in [3.8, 4) is 0 Å². The number of allylic oxidation sites excluding steroid dienone is 7. The lowest BCUT2D eigenvalue weighted by Crippen LogP contribution is -2.35. The Bertz CT molecular complexity index is 1860. The van der Waals surface area contributed by atoms with Crippen molar-refractivity contribution < 1.29 is 22.3 Å². The molecule has 5 nitrogen and oxygen atoms in total. The normalized spacial score (nSPS) is 15.9. The molecule has 0 saturated heterocycles. The van der Waals surface area contributed by atoms with Crippen LogP contribution in [0.5, 0.6) is 0 Å². The van der Waals surface area contributed by atoms with Gasteiger partial charge in [-0.1, -0.05) is 102 Å². The van der Waals surface area contributed by atoms with Gasteiger partial charge in [0.15, 0.2) is 6.54 Å². The number of benzene rings is 3. The zero-order valence-corrected chi connectivity index (χ0v) is 24.8. The highest BCUT2D eigenvalue weighted by molar-refractivity contribution is 7.85. The standard InChI is InChI=1S/C35H31NO4S2/c37-42(38,39)24-12-23-36-31-20-8-9-21-33(31)41-34(36)22-10-7-17-28-18-11-19-29-30(26-13-3-1-4-14-26)25-32(40-35(28)29)27-15-5-2-6-16-27/h1-10,13-17,20-22,25H,11-12,18-19,23-24H2/p+1/b17-7+,22-10+. The fourth-order valence-electron chi connectivity index (χ4n) is 5.52. The lowest BCUT2D eigenvalue weighted by Gasteiger charge is -2.29. The number of nitrogens with zero attached hydrogens (tertiary/aromatic N) is 1. The Labute approximate surface area is 250 Å². The van der Waals surface area contributed by atoms with Gasteiger partial charge in [-0.3, -0.25) is 4.55 Å². The van der Waals surface area contributed by atoms with E-state index in [2.05, 4.69) is 71.3 Å². The number of rotatable bonds is 9. The van der Waals surface area contributed by atoms with E-state index >= 15 is 0 Å². The van der Waals surface area contributed by atoms with Gasteiger partial charge in [0.25, 0.3) is 15.1 Å². The van der Waals surface area contributed by atoms with Crippen LogP contribution in [0.4, 0.5) is 0 Å². The van der Waals surface area contributed by atoms with Gasteiger partial charge in [0, 0.05) is 29.7 Å². The maximum absolute atomic E-state index is 11.3. The third-order valence-electron chi connectivity index (χ3n) is 7.46. The van der Waals surface area contributed by atoms with Crippen molar-refractivity contribution in [2.75, 3.05) is 5.75 Å². The van der Waals surface area contributed by atoms with Crippen LogP contribution < -0.4 is 4.57 Å². The van der Waals surface area contributed by atoms with E-state index in [1.165, 1.54) is 22.3 Å². The SMILES string of the molecule is O=S(=O)(O)CCC[n+]1c(/C=C/C=C/C2=C3OC(c4ccccc4)=CC(c4ccccc4)=C3CCC2)sc2ccccc21. The fraction of sp³-hybridized carbons (Fsp3) is 0.171. The second-order valence-corrected chi connectivity index (χ2v) is 13.0. The average Bonchev–Trinajstić information content (AvgIpc) is 3.36. The average molecular weight is 595 g/mol. The minimum absolute atomic E-state index is 0.260. The second-order valence-electron chi connectivity index (χ2n) is 10.4.